The zero-order chi connectivity index (χ0) is 14.4. The lowest BCUT2D eigenvalue weighted by molar-refractivity contribution is 0.0688. The first-order valence-corrected chi connectivity index (χ1v) is 6.72. The summed E-state index contributed by atoms with van der Waals surface area (Å²) in [6, 6.07) is 3.54. The first-order valence-electron chi connectivity index (χ1n) is 6.72. The van der Waals surface area contributed by atoms with E-state index < -0.39 is 6.09 Å². The minimum absolute atomic E-state index is 0.0254. The van der Waals surface area contributed by atoms with Gasteiger partial charge < -0.3 is 15.0 Å². The van der Waals surface area contributed by atoms with Crippen LogP contribution in [0.2, 0.25) is 0 Å². The van der Waals surface area contributed by atoms with Crippen LogP contribution in [0.5, 0.6) is 0 Å². The molecule has 6 nitrogen and oxygen atoms in total. The van der Waals surface area contributed by atoms with Crippen molar-refractivity contribution in [1.29, 1.82) is 0 Å². The van der Waals surface area contributed by atoms with E-state index in [0.29, 0.717) is 31.1 Å². The van der Waals surface area contributed by atoms with Crippen LogP contribution in [0, 0.1) is 5.92 Å². The molecule has 0 spiro atoms. The molecule has 1 aliphatic heterocycles. The predicted octanol–water partition coefficient (Wildman–Crippen LogP) is 1.29. The van der Waals surface area contributed by atoms with E-state index in [1.54, 1.807) is 24.5 Å². The monoisotopic (exact) mass is 277 g/mol. The number of amides is 2. The van der Waals surface area contributed by atoms with E-state index in [4.69, 9.17) is 0 Å². The standard InChI is InChI=1S/C14H19N3O3/c1-20-14(19)16-9-11-4-7-17(8-5-11)13(18)12-3-2-6-15-10-12/h2-3,6,10-11H,4-5,7-9H2,1H3,(H,16,19). The van der Waals surface area contributed by atoms with Crippen molar-refractivity contribution in [2.75, 3.05) is 26.7 Å². The molecule has 2 rings (SSSR count). The molecule has 6 heteroatoms. The molecule has 0 radical (unpaired) electrons. The molecular weight excluding hydrogens is 258 g/mol. The lowest BCUT2D eigenvalue weighted by atomic mass is 9.96. The Hall–Kier alpha value is -2.11. The molecule has 0 saturated carbocycles. The number of hydrogen-bond acceptors (Lipinski definition) is 4. The summed E-state index contributed by atoms with van der Waals surface area (Å²) in [5.41, 5.74) is 0.624. The molecule has 1 saturated heterocycles. The third kappa shape index (κ3) is 3.69. The average molecular weight is 277 g/mol. The van der Waals surface area contributed by atoms with Crippen LogP contribution in [0.15, 0.2) is 24.5 Å². The van der Waals surface area contributed by atoms with Gasteiger partial charge in [-0.2, -0.15) is 0 Å². The number of methoxy groups -OCH3 is 1. The lowest BCUT2D eigenvalue weighted by Crippen LogP contribution is -2.41. The SMILES string of the molecule is COC(=O)NCC1CCN(C(=O)c2cccnc2)CC1. The largest absolute Gasteiger partial charge is 0.453 e. The molecular formula is C14H19N3O3. The molecule has 0 atom stereocenters. The number of pyridine rings is 1. The van der Waals surface area contributed by atoms with Crippen LogP contribution in [0.4, 0.5) is 4.79 Å². The van der Waals surface area contributed by atoms with E-state index in [0.717, 1.165) is 12.8 Å². The Labute approximate surface area is 118 Å². The second-order valence-electron chi connectivity index (χ2n) is 4.85. The molecule has 2 heterocycles. The highest BCUT2D eigenvalue weighted by Crippen LogP contribution is 2.18. The minimum Gasteiger partial charge on any atom is -0.453 e. The molecule has 108 valence electrons. The van der Waals surface area contributed by atoms with Crippen LogP contribution in [-0.2, 0) is 4.74 Å². The summed E-state index contributed by atoms with van der Waals surface area (Å²) >= 11 is 0. The van der Waals surface area contributed by atoms with E-state index in [9.17, 15) is 9.59 Å². The fraction of sp³-hybridized carbons (Fsp3) is 0.500. The maximum absolute atomic E-state index is 12.2. The molecule has 1 N–H and O–H groups in total. The third-order valence-electron chi connectivity index (χ3n) is 3.53. The Morgan fingerprint density at radius 2 is 2.20 bits per heavy atom. The van der Waals surface area contributed by atoms with Gasteiger partial charge in [-0.05, 0) is 30.9 Å². The number of carbonyl (C=O) groups excluding carboxylic acids is 2. The number of alkyl carbamates (subject to hydrolysis) is 1. The van der Waals surface area contributed by atoms with E-state index in [2.05, 4.69) is 15.0 Å². The normalized spacial score (nSPS) is 15.8. The number of ether oxygens (including phenoxy) is 1. The van der Waals surface area contributed by atoms with Gasteiger partial charge in [0, 0.05) is 32.0 Å². The number of nitrogens with one attached hydrogen (secondary N) is 1. The van der Waals surface area contributed by atoms with Crippen LogP contribution >= 0.6 is 0 Å². The summed E-state index contributed by atoms with van der Waals surface area (Å²) in [6.07, 6.45) is 4.61. The van der Waals surface area contributed by atoms with E-state index in [-0.39, 0.29) is 5.91 Å². The Bertz CT molecular complexity index is 456. The zero-order valence-electron chi connectivity index (χ0n) is 11.5. The van der Waals surface area contributed by atoms with Crippen molar-refractivity contribution in [3.8, 4) is 0 Å². The fourth-order valence-corrected chi connectivity index (χ4v) is 2.31. The molecule has 0 aliphatic carbocycles. The van der Waals surface area contributed by atoms with Gasteiger partial charge in [0.1, 0.15) is 0 Å². The molecule has 0 unspecified atom stereocenters. The van der Waals surface area contributed by atoms with Gasteiger partial charge in [-0.25, -0.2) is 4.79 Å². The van der Waals surface area contributed by atoms with Crippen molar-refractivity contribution >= 4 is 12.0 Å². The molecule has 1 aromatic heterocycles. The molecule has 1 aromatic rings. The number of rotatable bonds is 3. The summed E-state index contributed by atoms with van der Waals surface area (Å²) in [7, 11) is 1.35. The summed E-state index contributed by atoms with van der Waals surface area (Å²) < 4.78 is 4.54. The second-order valence-corrected chi connectivity index (χ2v) is 4.85. The number of nitrogens with zero attached hydrogens (tertiary/aromatic N) is 2. The summed E-state index contributed by atoms with van der Waals surface area (Å²) in [5.74, 6) is 0.421. The van der Waals surface area contributed by atoms with Crippen molar-refractivity contribution in [2.24, 2.45) is 5.92 Å². The number of aromatic nitrogens is 1. The van der Waals surface area contributed by atoms with Crippen molar-refractivity contribution in [1.82, 2.24) is 15.2 Å². The molecule has 1 aliphatic rings. The van der Waals surface area contributed by atoms with Gasteiger partial charge in [0.15, 0.2) is 0 Å². The quantitative estimate of drug-likeness (QED) is 0.903. The number of likely N-dealkylation sites (tertiary alicyclic amines) is 1. The van der Waals surface area contributed by atoms with Crippen molar-refractivity contribution in [3.05, 3.63) is 30.1 Å². The highest BCUT2D eigenvalue weighted by Gasteiger charge is 2.23. The van der Waals surface area contributed by atoms with Crippen molar-refractivity contribution in [3.63, 3.8) is 0 Å². The maximum atomic E-state index is 12.2. The third-order valence-corrected chi connectivity index (χ3v) is 3.53. The summed E-state index contributed by atoms with van der Waals surface area (Å²) in [5, 5.41) is 2.70. The van der Waals surface area contributed by atoms with E-state index in [1.165, 1.54) is 7.11 Å². The van der Waals surface area contributed by atoms with Gasteiger partial charge in [-0.1, -0.05) is 0 Å². The Balaban J connectivity index is 1.79. The van der Waals surface area contributed by atoms with Gasteiger partial charge >= 0.3 is 6.09 Å². The van der Waals surface area contributed by atoms with Crippen molar-refractivity contribution in [2.45, 2.75) is 12.8 Å². The summed E-state index contributed by atoms with van der Waals surface area (Å²) in [6.45, 7) is 2.02. The number of carbonyl (C=O) groups is 2. The van der Waals surface area contributed by atoms with Gasteiger partial charge in [-0.15, -0.1) is 0 Å². The first-order chi connectivity index (χ1) is 9.70. The van der Waals surface area contributed by atoms with Crippen molar-refractivity contribution < 1.29 is 14.3 Å². The van der Waals surface area contributed by atoms with Crippen LogP contribution in [-0.4, -0.2) is 48.6 Å². The molecule has 2 amide bonds. The Kier molecular flexibility index (Phi) is 4.92. The highest BCUT2D eigenvalue weighted by atomic mass is 16.5. The molecule has 1 fully saturated rings. The second kappa shape index (κ2) is 6.88. The average Bonchev–Trinajstić information content (AvgIpc) is 2.53. The van der Waals surface area contributed by atoms with Gasteiger partial charge in [0.2, 0.25) is 0 Å². The maximum Gasteiger partial charge on any atom is 0.406 e. The van der Waals surface area contributed by atoms with Crippen LogP contribution in [0.25, 0.3) is 0 Å². The van der Waals surface area contributed by atoms with Gasteiger partial charge in [0.05, 0.1) is 12.7 Å². The van der Waals surface area contributed by atoms with Gasteiger partial charge in [0.25, 0.3) is 5.91 Å². The Morgan fingerprint density at radius 1 is 1.45 bits per heavy atom. The smallest absolute Gasteiger partial charge is 0.406 e. The number of piperidine rings is 1. The predicted molar refractivity (Wildman–Crippen MR) is 73.3 cm³/mol. The Morgan fingerprint density at radius 3 is 2.80 bits per heavy atom. The zero-order valence-corrected chi connectivity index (χ0v) is 11.5. The molecule has 0 bridgehead atoms. The van der Waals surface area contributed by atoms with Crippen LogP contribution < -0.4 is 5.32 Å². The first kappa shape index (κ1) is 14.3. The van der Waals surface area contributed by atoms with Crippen LogP contribution in [0.3, 0.4) is 0 Å². The summed E-state index contributed by atoms with van der Waals surface area (Å²) in [4.78, 5) is 29.0. The number of hydrogen-bond donors (Lipinski definition) is 1. The molecule has 0 aromatic carbocycles. The fourth-order valence-electron chi connectivity index (χ4n) is 2.31. The van der Waals surface area contributed by atoms with E-state index in [1.807, 2.05) is 4.90 Å². The minimum atomic E-state index is -0.404. The lowest BCUT2D eigenvalue weighted by Gasteiger charge is -2.32. The van der Waals surface area contributed by atoms with E-state index >= 15 is 0 Å². The van der Waals surface area contributed by atoms with Crippen LogP contribution in [0.1, 0.15) is 23.2 Å². The topological polar surface area (TPSA) is 71.5 Å². The molecule has 20 heavy (non-hydrogen) atoms. The highest BCUT2D eigenvalue weighted by molar-refractivity contribution is 5.93. The van der Waals surface area contributed by atoms with Gasteiger partial charge in [-0.3, -0.25) is 9.78 Å².